The first-order chi connectivity index (χ1) is 5.64. The fourth-order valence-corrected chi connectivity index (χ4v) is 2.27. The predicted octanol–water partition coefficient (Wildman–Crippen LogP) is 2.00. The van der Waals surface area contributed by atoms with E-state index >= 15 is 0 Å². The van der Waals surface area contributed by atoms with Gasteiger partial charge >= 0.3 is 0 Å². The molecule has 0 amide bonds. The number of aldehydes is 1. The summed E-state index contributed by atoms with van der Waals surface area (Å²) in [6.45, 7) is 3.94. The average Bonchev–Trinajstić information content (AvgIpc) is 2.28. The molecule has 0 aromatic carbocycles. The Morgan fingerprint density at radius 2 is 2.33 bits per heavy atom. The van der Waals surface area contributed by atoms with Crippen LogP contribution < -0.4 is 0 Å². The Hall–Kier alpha value is -0.0800. The van der Waals surface area contributed by atoms with Crippen LogP contribution in [-0.2, 0) is 9.53 Å². The first-order valence-corrected chi connectivity index (χ1v) is 4.86. The Kier molecular flexibility index (Phi) is 3.13. The number of carbonyl (C=O) groups excluding carboxylic acids is 1. The van der Waals surface area contributed by atoms with Gasteiger partial charge in [0.1, 0.15) is 6.29 Å². The van der Waals surface area contributed by atoms with E-state index in [1.807, 2.05) is 13.8 Å². The summed E-state index contributed by atoms with van der Waals surface area (Å²) in [5, 5.41) is 0. The van der Waals surface area contributed by atoms with Gasteiger partial charge in [0.2, 0.25) is 0 Å². The molecule has 0 saturated carbocycles. The van der Waals surface area contributed by atoms with Crippen LogP contribution >= 0.6 is 11.6 Å². The highest BCUT2D eigenvalue weighted by Gasteiger charge is 2.44. The summed E-state index contributed by atoms with van der Waals surface area (Å²) in [7, 11) is 0. The Bertz CT molecular complexity index is 172. The number of alkyl halides is 1. The third-order valence-corrected chi connectivity index (χ3v) is 2.90. The lowest BCUT2D eigenvalue weighted by atomic mass is 9.79. The van der Waals surface area contributed by atoms with Crippen molar-refractivity contribution in [3.63, 3.8) is 0 Å². The van der Waals surface area contributed by atoms with Crippen molar-refractivity contribution in [2.75, 3.05) is 5.88 Å². The third-order valence-electron chi connectivity index (χ3n) is 2.71. The molecular weight excluding hydrogens is 176 g/mol. The lowest BCUT2D eigenvalue weighted by molar-refractivity contribution is -0.118. The van der Waals surface area contributed by atoms with Crippen molar-refractivity contribution in [3.8, 4) is 0 Å². The van der Waals surface area contributed by atoms with Crippen LogP contribution in [0.15, 0.2) is 0 Å². The van der Waals surface area contributed by atoms with E-state index in [1.54, 1.807) is 0 Å². The van der Waals surface area contributed by atoms with Gasteiger partial charge in [0.15, 0.2) is 0 Å². The molecule has 1 aliphatic rings. The standard InChI is InChI=1S/C9H15ClO2/c1-7-5-9(6-11,3-4-10)8(2)12-7/h6-8H,3-5H2,1-2H3. The maximum atomic E-state index is 10.9. The van der Waals surface area contributed by atoms with E-state index in [0.717, 1.165) is 19.1 Å². The van der Waals surface area contributed by atoms with Crippen molar-refractivity contribution in [2.45, 2.75) is 38.9 Å². The van der Waals surface area contributed by atoms with Gasteiger partial charge in [-0.25, -0.2) is 0 Å². The molecule has 0 radical (unpaired) electrons. The van der Waals surface area contributed by atoms with Crippen LogP contribution in [0.25, 0.3) is 0 Å². The molecule has 70 valence electrons. The normalized spacial score (nSPS) is 41.6. The highest BCUT2D eigenvalue weighted by atomic mass is 35.5. The van der Waals surface area contributed by atoms with Crippen molar-refractivity contribution in [1.29, 1.82) is 0 Å². The van der Waals surface area contributed by atoms with E-state index < -0.39 is 0 Å². The molecule has 3 atom stereocenters. The van der Waals surface area contributed by atoms with Crippen LogP contribution in [0.2, 0.25) is 0 Å². The van der Waals surface area contributed by atoms with E-state index in [0.29, 0.717) is 5.88 Å². The number of rotatable bonds is 3. The molecule has 1 fully saturated rings. The summed E-state index contributed by atoms with van der Waals surface area (Å²) < 4.78 is 5.53. The molecule has 3 unspecified atom stereocenters. The summed E-state index contributed by atoms with van der Waals surface area (Å²) in [4.78, 5) is 10.9. The van der Waals surface area contributed by atoms with Gasteiger partial charge in [0.25, 0.3) is 0 Å². The monoisotopic (exact) mass is 190 g/mol. The van der Waals surface area contributed by atoms with Gasteiger partial charge < -0.3 is 9.53 Å². The molecule has 0 N–H and O–H groups in total. The number of hydrogen-bond acceptors (Lipinski definition) is 2. The van der Waals surface area contributed by atoms with Gasteiger partial charge in [-0.2, -0.15) is 0 Å². The van der Waals surface area contributed by atoms with Crippen molar-refractivity contribution < 1.29 is 9.53 Å². The van der Waals surface area contributed by atoms with Crippen LogP contribution in [0.4, 0.5) is 0 Å². The van der Waals surface area contributed by atoms with Crippen molar-refractivity contribution >= 4 is 17.9 Å². The largest absolute Gasteiger partial charge is 0.374 e. The van der Waals surface area contributed by atoms with E-state index in [2.05, 4.69) is 0 Å². The summed E-state index contributed by atoms with van der Waals surface area (Å²) >= 11 is 5.65. The number of hydrogen-bond donors (Lipinski definition) is 0. The van der Waals surface area contributed by atoms with Gasteiger partial charge in [-0.05, 0) is 26.7 Å². The Balaban J connectivity index is 2.71. The fraction of sp³-hybridized carbons (Fsp3) is 0.889. The van der Waals surface area contributed by atoms with Crippen molar-refractivity contribution in [2.24, 2.45) is 5.41 Å². The van der Waals surface area contributed by atoms with E-state index in [-0.39, 0.29) is 17.6 Å². The number of halogens is 1. The first kappa shape index (κ1) is 10.0. The van der Waals surface area contributed by atoms with Crippen LogP contribution in [0.5, 0.6) is 0 Å². The van der Waals surface area contributed by atoms with Gasteiger partial charge in [0.05, 0.1) is 17.6 Å². The van der Waals surface area contributed by atoms with Crippen molar-refractivity contribution in [3.05, 3.63) is 0 Å². The maximum absolute atomic E-state index is 10.9. The lowest BCUT2D eigenvalue weighted by Crippen LogP contribution is -2.30. The zero-order chi connectivity index (χ0) is 9.19. The van der Waals surface area contributed by atoms with Crippen LogP contribution in [0, 0.1) is 5.41 Å². The zero-order valence-corrected chi connectivity index (χ0v) is 8.30. The predicted molar refractivity (Wildman–Crippen MR) is 48.5 cm³/mol. The fourth-order valence-electron chi connectivity index (χ4n) is 1.92. The molecule has 2 nitrogen and oxygen atoms in total. The topological polar surface area (TPSA) is 26.3 Å². The van der Waals surface area contributed by atoms with Crippen LogP contribution in [0.1, 0.15) is 26.7 Å². The second-order valence-corrected chi connectivity index (χ2v) is 3.96. The maximum Gasteiger partial charge on any atom is 0.128 e. The molecular formula is C9H15ClO2. The highest BCUT2D eigenvalue weighted by Crippen LogP contribution is 2.39. The molecule has 0 bridgehead atoms. The Labute approximate surface area is 78.2 Å². The van der Waals surface area contributed by atoms with E-state index in [9.17, 15) is 4.79 Å². The average molecular weight is 191 g/mol. The molecule has 1 heterocycles. The van der Waals surface area contributed by atoms with Gasteiger partial charge in [-0.1, -0.05) is 0 Å². The molecule has 0 aromatic heterocycles. The molecule has 1 aliphatic heterocycles. The summed E-state index contributed by atoms with van der Waals surface area (Å²) in [6, 6.07) is 0. The quantitative estimate of drug-likeness (QED) is 0.503. The molecule has 0 aromatic rings. The highest BCUT2D eigenvalue weighted by molar-refractivity contribution is 6.18. The third kappa shape index (κ3) is 1.64. The summed E-state index contributed by atoms with van der Waals surface area (Å²) in [5.41, 5.74) is -0.318. The molecule has 1 rings (SSSR count). The Morgan fingerprint density at radius 1 is 1.67 bits per heavy atom. The van der Waals surface area contributed by atoms with Crippen molar-refractivity contribution in [1.82, 2.24) is 0 Å². The minimum Gasteiger partial charge on any atom is -0.374 e. The van der Waals surface area contributed by atoms with Gasteiger partial charge in [-0.15, -0.1) is 11.6 Å². The summed E-state index contributed by atoms with van der Waals surface area (Å²) in [5.74, 6) is 0.527. The van der Waals surface area contributed by atoms with E-state index in [1.165, 1.54) is 0 Å². The van der Waals surface area contributed by atoms with Crippen LogP contribution in [-0.4, -0.2) is 24.4 Å². The number of ether oxygens (including phenoxy) is 1. The van der Waals surface area contributed by atoms with Crippen LogP contribution in [0.3, 0.4) is 0 Å². The second kappa shape index (κ2) is 3.75. The molecule has 0 spiro atoms. The molecule has 1 saturated heterocycles. The smallest absolute Gasteiger partial charge is 0.128 e. The van der Waals surface area contributed by atoms with E-state index in [4.69, 9.17) is 16.3 Å². The minimum atomic E-state index is -0.318. The zero-order valence-electron chi connectivity index (χ0n) is 7.55. The summed E-state index contributed by atoms with van der Waals surface area (Å²) in [6.07, 6.45) is 2.76. The molecule has 0 aliphatic carbocycles. The van der Waals surface area contributed by atoms with Gasteiger partial charge in [-0.3, -0.25) is 0 Å². The number of carbonyl (C=O) groups is 1. The second-order valence-electron chi connectivity index (χ2n) is 3.58. The molecule has 12 heavy (non-hydrogen) atoms. The minimum absolute atomic E-state index is 0.0174. The lowest BCUT2D eigenvalue weighted by Gasteiger charge is -2.24. The molecule has 3 heteroatoms. The first-order valence-electron chi connectivity index (χ1n) is 4.32. The van der Waals surface area contributed by atoms with Gasteiger partial charge in [0, 0.05) is 5.88 Å². The Morgan fingerprint density at radius 3 is 2.67 bits per heavy atom. The SMILES string of the molecule is CC1CC(C=O)(CCCl)C(C)O1.